The second kappa shape index (κ2) is 11.5. The Balaban J connectivity index is 1.87. The van der Waals surface area contributed by atoms with E-state index in [4.69, 9.17) is 22.9 Å². The predicted octanol–water partition coefficient (Wildman–Crippen LogP) is 0.886. The minimum Gasteiger partial charge on any atom is -0.370 e. The number of fused-ring (bicyclic) bond motifs is 1. The lowest BCUT2D eigenvalue weighted by Gasteiger charge is -2.30. The van der Waals surface area contributed by atoms with Gasteiger partial charge in [0.05, 0.1) is 0 Å². The van der Waals surface area contributed by atoms with Crippen molar-refractivity contribution in [2.45, 2.75) is 32.0 Å². The molecular formula is C24H30N8O3. The van der Waals surface area contributed by atoms with Crippen molar-refractivity contribution < 1.29 is 14.4 Å². The zero-order valence-corrected chi connectivity index (χ0v) is 19.2. The highest BCUT2D eigenvalue weighted by molar-refractivity contribution is 6.00. The lowest BCUT2D eigenvalue weighted by Crippen LogP contribution is -2.47. The van der Waals surface area contributed by atoms with Crippen LogP contribution in [0.25, 0.3) is 10.9 Å². The summed E-state index contributed by atoms with van der Waals surface area (Å²) in [7, 11) is 0. The number of nitrogens with two attached hydrogens (primary N) is 4. The fourth-order valence-electron chi connectivity index (χ4n) is 3.77. The molecule has 1 aromatic heterocycles. The van der Waals surface area contributed by atoms with Crippen LogP contribution in [0.15, 0.2) is 59.7 Å². The van der Waals surface area contributed by atoms with Gasteiger partial charge in [-0.2, -0.15) is 0 Å². The summed E-state index contributed by atoms with van der Waals surface area (Å²) in [4.78, 5) is 45.5. The monoisotopic (exact) mass is 478 g/mol. The molecule has 3 aromatic rings. The number of aliphatic imine (C=N–C) groups is 1. The molecule has 0 unspecified atom stereocenters. The molecule has 4 amide bonds. The van der Waals surface area contributed by atoms with Crippen molar-refractivity contribution in [2.24, 2.45) is 27.9 Å². The smallest absolute Gasteiger partial charge is 0.312 e. The lowest BCUT2D eigenvalue weighted by atomic mass is 10.0. The number of urea groups is 1. The highest BCUT2D eigenvalue weighted by Gasteiger charge is 2.29. The normalized spacial score (nSPS) is 11.5. The first-order valence-electron chi connectivity index (χ1n) is 11.1. The third kappa shape index (κ3) is 6.97. The molecule has 0 bridgehead atoms. The van der Waals surface area contributed by atoms with Crippen LogP contribution in [0.3, 0.4) is 0 Å². The highest BCUT2D eigenvalue weighted by Crippen LogP contribution is 2.20. The number of hydrogen-bond acceptors (Lipinski definition) is 4. The molecule has 1 atom stereocenters. The number of hydrogen-bond donors (Lipinski definition) is 6. The van der Waals surface area contributed by atoms with Gasteiger partial charge in [0.1, 0.15) is 6.04 Å². The zero-order valence-electron chi connectivity index (χ0n) is 19.2. The third-order valence-electron chi connectivity index (χ3n) is 5.54. The molecule has 2 aromatic carbocycles. The minimum absolute atomic E-state index is 0.0423. The quantitative estimate of drug-likeness (QED) is 0.135. The van der Waals surface area contributed by atoms with E-state index in [1.54, 1.807) is 18.3 Å². The predicted molar refractivity (Wildman–Crippen MR) is 134 cm³/mol. The van der Waals surface area contributed by atoms with Crippen LogP contribution in [-0.2, 0) is 17.9 Å². The Bertz CT molecular complexity index is 1210. The fourth-order valence-corrected chi connectivity index (χ4v) is 3.77. The van der Waals surface area contributed by atoms with Gasteiger partial charge in [-0.1, -0.05) is 24.3 Å². The summed E-state index contributed by atoms with van der Waals surface area (Å²) >= 11 is 0. The van der Waals surface area contributed by atoms with Gasteiger partial charge in [-0.05, 0) is 48.2 Å². The molecule has 0 saturated heterocycles. The summed E-state index contributed by atoms with van der Waals surface area (Å²) in [6, 6.07) is 13.0. The second-order valence-electron chi connectivity index (χ2n) is 8.11. The summed E-state index contributed by atoms with van der Waals surface area (Å²) in [5, 5.41) is 3.41. The molecular weight excluding hydrogens is 448 g/mol. The van der Waals surface area contributed by atoms with Gasteiger partial charge in [-0.15, -0.1) is 0 Å². The van der Waals surface area contributed by atoms with E-state index in [1.165, 1.54) is 4.90 Å². The molecule has 11 nitrogen and oxygen atoms in total. The standard InChI is InChI=1S/C24H30N8O3/c25-21(33)20(2-1-10-30-23(26)27)32(14-16-5-3-15(4-6-16)13-31-24(28)35)22(34)18-7-8-19-17(12-18)9-11-29-19/h3-9,11-12,20,29H,1-2,10,13-14H2,(H2,25,33)(H4,26,27,30)(H3,28,31,35)/t20-/m1/s1. The van der Waals surface area contributed by atoms with Crippen LogP contribution >= 0.6 is 0 Å². The van der Waals surface area contributed by atoms with Crippen molar-refractivity contribution in [3.63, 3.8) is 0 Å². The van der Waals surface area contributed by atoms with Crippen molar-refractivity contribution in [3.05, 3.63) is 71.4 Å². The summed E-state index contributed by atoms with van der Waals surface area (Å²) in [6.45, 7) is 0.748. The Morgan fingerprint density at radius 2 is 1.69 bits per heavy atom. The lowest BCUT2D eigenvalue weighted by molar-refractivity contribution is -0.122. The number of guanidine groups is 1. The van der Waals surface area contributed by atoms with Crippen LogP contribution in [-0.4, -0.2) is 46.3 Å². The van der Waals surface area contributed by atoms with E-state index in [2.05, 4.69) is 15.3 Å². The van der Waals surface area contributed by atoms with Crippen LogP contribution in [0.5, 0.6) is 0 Å². The zero-order chi connectivity index (χ0) is 25.4. The Labute approximate surface area is 202 Å². The van der Waals surface area contributed by atoms with E-state index in [9.17, 15) is 14.4 Å². The molecule has 35 heavy (non-hydrogen) atoms. The SMILES string of the molecule is NC(=O)NCc1ccc(CN(C(=O)c2ccc3[nH]ccc3c2)[C@H](CCCN=C(N)N)C(N)=O)cc1. The highest BCUT2D eigenvalue weighted by atomic mass is 16.2. The number of aromatic nitrogens is 1. The largest absolute Gasteiger partial charge is 0.370 e. The number of rotatable bonds is 11. The second-order valence-corrected chi connectivity index (χ2v) is 8.11. The Kier molecular flexibility index (Phi) is 8.28. The van der Waals surface area contributed by atoms with E-state index in [0.29, 0.717) is 24.9 Å². The number of carbonyl (C=O) groups excluding carboxylic acids is 3. The molecule has 0 saturated carbocycles. The molecule has 0 aliphatic carbocycles. The maximum Gasteiger partial charge on any atom is 0.312 e. The number of aromatic amines is 1. The molecule has 11 heteroatoms. The Hall–Kier alpha value is -4.54. The van der Waals surface area contributed by atoms with Gasteiger partial charge >= 0.3 is 6.03 Å². The van der Waals surface area contributed by atoms with Gasteiger partial charge < -0.3 is 38.1 Å². The van der Waals surface area contributed by atoms with E-state index >= 15 is 0 Å². The maximum atomic E-state index is 13.6. The molecule has 1 heterocycles. The molecule has 0 aliphatic heterocycles. The first-order chi connectivity index (χ1) is 16.7. The average molecular weight is 479 g/mol. The molecule has 0 aliphatic rings. The van der Waals surface area contributed by atoms with Crippen LogP contribution in [0.1, 0.15) is 34.3 Å². The van der Waals surface area contributed by atoms with Gasteiger partial charge in [-0.3, -0.25) is 14.6 Å². The molecule has 0 spiro atoms. The number of nitrogens with zero attached hydrogens (tertiary/aromatic N) is 2. The number of primary amides is 2. The molecule has 0 radical (unpaired) electrons. The van der Waals surface area contributed by atoms with Gasteiger partial charge in [0, 0.05) is 42.3 Å². The number of carbonyl (C=O) groups is 3. The molecule has 0 fully saturated rings. The average Bonchev–Trinajstić information content (AvgIpc) is 3.29. The van der Waals surface area contributed by atoms with E-state index < -0.39 is 18.0 Å². The fraction of sp³-hybridized carbons (Fsp3) is 0.250. The first-order valence-corrected chi connectivity index (χ1v) is 11.1. The topological polar surface area (TPSA) is 199 Å². The number of nitrogens with one attached hydrogen (secondary N) is 2. The molecule has 184 valence electrons. The van der Waals surface area contributed by atoms with Crippen LogP contribution in [0, 0.1) is 0 Å². The Morgan fingerprint density at radius 3 is 2.34 bits per heavy atom. The van der Waals surface area contributed by atoms with Crippen molar-refractivity contribution in [1.82, 2.24) is 15.2 Å². The number of benzene rings is 2. The van der Waals surface area contributed by atoms with Crippen LogP contribution in [0.2, 0.25) is 0 Å². The number of amides is 4. The van der Waals surface area contributed by atoms with E-state index in [-0.39, 0.29) is 25.0 Å². The van der Waals surface area contributed by atoms with E-state index in [1.807, 2.05) is 36.4 Å². The summed E-state index contributed by atoms with van der Waals surface area (Å²) < 4.78 is 0. The summed E-state index contributed by atoms with van der Waals surface area (Å²) in [5.74, 6) is -0.981. The van der Waals surface area contributed by atoms with Crippen LogP contribution < -0.4 is 28.3 Å². The first kappa shape index (κ1) is 25.1. The van der Waals surface area contributed by atoms with Crippen LogP contribution in [0.4, 0.5) is 4.79 Å². The minimum atomic E-state index is -0.866. The Morgan fingerprint density at radius 1 is 0.971 bits per heavy atom. The maximum absolute atomic E-state index is 13.6. The van der Waals surface area contributed by atoms with Gasteiger partial charge in [0.25, 0.3) is 5.91 Å². The third-order valence-corrected chi connectivity index (χ3v) is 5.54. The number of H-pyrrole nitrogens is 1. The van der Waals surface area contributed by atoms with Gasteiger partial charge in [0.15, 0.2) is 5.96 Å². The molecule has 3 rings (SSSR count). The van der Waals surface area contributed by atoms with Crippen molar-refractivity contribution >= 4 is 34.7 Å². The summed E-state index contributed by atoms with van der Waals surface area (Å²) in [6.07, 6.45) is 2.55. The molecule has 10 N–H and O–H groups in total. The van der Waals surface area contributed by atoms with Crippen molar-refractivity contribution in [3.8, 4) is 0 Å². The summed E-state index contributed by atoms with van der Waals surface area (Å²) in [5.41, 5.74) is 24.6. The van der Waals surface area contributed by atoms with E-state index in [0.717, 1.165) is 22.0 Å². The van der Waals surface area contributed by atoms with Gasteiger partial charge in [-0.25, -0.2) is 4.79 Å². The van der Waals surface area contributed by atoms with Crippen molar-refractivity contribution in [1.29, 1.82) is 0 Å². The van der Waals surface area contributed by atoms with Gasteiger partial charge in [0.2, 0.25) is 5.91 Å². The van der Waals surface area contributed by atoms with Crippen molar-refractivity contribution in [2.75, 3.05) is 6.54 Å².